The molecule has 7 heteroatoms. The Balaban J connectivity index is 2.21. The highest BCUT2D eigenvalue weighted by Gasteiger charge is 2.39. The lowest BCUT2D eigenvalue weighted by atomic mass is 9.94. The van der Waals surface area contributed by atoms with Crippen LogP contribution in [-0.2, 0) is 4.74 Å². The van der Waals surface area contributed by atoms with Crippen LogP contribution < -0.4 is 5.73 Å². The summed E-state index contributed by atoms with van der Waals surface area (Å²) in [6, 6.07) is 9.28. The van der Waals surface area contributed by atoms with Gasteiger partial charge in [-0.1, -0.05) is 32.0 Å². The lowest BCUT2D eigenvalue weighted by molar-refractivity contribution is -0.554. The van der Waals surface area contributed by atoms with E-state index in [9.17, 15) is 10.1 Å². The molecular weight excluding hydrogens is 308 g/mol. The number of benzene rings is 1. The number of ether oxygens (including phenoxy) is 1. The Hall–Kier alpha value is -2.38. The van der Waals surface area contributed by atoms with Crippen molar-refractivity contribution in [3.8, 4) is 0 Å². The molecule has 0 fully saturated rings. The Morgan fingerprint density at radius 3 is 2.67 bits per heavy atom. The van der Waals surface area contributed by atoms with E-state index in [1.54, 1.807) is 6.08 Å². The molecule has 1 aliphatic carbocycles. The van der Waals surface area contributed by atoms with Gasteiger partial charge in [-0.3, -0.25) is 15.8 Å². The van der Waals surface area contributed by atoms with Gasteiger partial charge in [0.2, 0.25) is 0 Å². The second-order valence-corrected chi connectivity index (χ2v) is 6.19. The molecular formula is C17H22N4O3. The van der Waals surface area contributed by atoms with E-state index in [0.29, 0.717) is 29.5 Å². The normalized spacial score (nSPS) is 21.0. The second-order valence-electron chi connectivity index (χ2n) is 6.19. The van der Waals surface area contributed by atoms with E-state index in [2.05, 4.69) is 10.2 Å². The van der Waals surface area contributed by atoms with Crippen LogP contribution in [-0.4, -0.2) is 23.8 Å². The van der Waals surface area contributed by atoms with Crippen molar-refractivity contribution in [1.29, 1.82) is 0 Å². The van der Waals surface area contributed by atoms with E-state index in [1.807, 2.05) is 44.2 Å². The van der Waals surface area contributed by atoms with Crippen LogP contribution in [0.2, 0.25) is 0 Å². The molecule has 1 aliphatic rings. The van der Waals surface area contributed by atoms with E-state index in [1.165, 1.54) is 6.08 Å². The third-order valence-corrected chi connectivity index (χ3v) is 3.49. The first-order valence-corrected chi connectivity index (χ1v) is 7.80. The molecule has 0 saturated carbocycles. The van der Waals surface area contributed by atoms with Crippen molar-refractivity contribution in [2.24, 2.45) is 21.9 Å². The number of rotatable bonds is 7. The van der Waals surface area contributed by atoms with Crippen LogP contribution >= 0.6 is 0 Å². The Morgan fingerprint density at radius 2 is 2.04 bits per heavy atom. The fraction of sp³-hybridized carbons (Fsp3) is 0.412. The minimum Gasteiger partial charge on any atom is -0.377 e. The Labute approximate surface area is 141 Å². The monoisotopic (exact) mass is 330 g/mol. The molecule has 0 saturated heterocycles. The van der Waals surface area contributed by atoms with Crippen LogP contribution in [0.1, 0.15) is 20.3 Å². The summed E-state index contributed by atoms with van der Waals surface area (Å²) in [7, 11) is 0. The number of nitro groups is 1. The lowest BCUT2D eigenvalue weighted by Gasteiger charge is -2.23. The molecule has 128 valence electrons. The van der Waals surface area contributed by atoms with Gasteiger partial charge < -0.3 is 4.74 Å². The van der Waals surface area contributed by atoms with Crippen molar-refractivity contribution >= 4 is 5.69 Å². The third kappa shape index (κ3) is 4.81. The summed E-state index contributed by atoms with van der Waals surface area (Å²) in [4.78, 5) is 10.7. The third-order valence-electron chi connectivity index (χ3n) is 3.49. The molecule has 1 atom stereocenters. The maximum atomic E-state index is 11.2. The number of allylic oxidation sites excluding steroid dienone is 1. The van der Waals surface area contributed by atoms with E-state index >= 15 is 0 Å². The molecule has 1 aromatic carbocycles. The van der Waals surface area contributed by atoms with Crippen LogP contribution in [0.15, 0.2) is 64.0 Å². The van der Waals surface area contributed by atoms with Crippen LogP contribution in [0.25, 0.3) is 0 Å². The maximum absolute atomic E-state index is 11.2. The van der Waals surface area contributed by atoms with E-state index in [0.717, 1.165) is 0 Å². The molecule has 0 aromatic heterocycles. The average Bonchev–Trinajstić information content (AvgIpc) is 2.54. The zero-order chi connectivity index (χ0) is 17.6. The average molecular weight is 330 g/mol. The van der Waals surface area contributed by atoms with Gasteiger partial charge in [-0.05, 0) is 29.7 Å². The molecule has 1 aromatic rings. The molecule has 0 radical (unpaired) electrons. The summed E-state index contributed by atoms with van der Waals surface area (Å²) in [6.07, 6.45) is 2.96. The quantitative estimate of drug-likeness (QED) is 0.357. The summed E-state index contributed by atoms with van der Waals surface area (Å²) in [5, 5.41) is 19.6. The lowest BCUT2D eigenvalue weighted by Crippen LogP contribution is -2.47. The van der Waals surface area contributed by atoms with Crippen LogP contribution in [0.5, 0.6) is 0 Å². The van der Waals surface area contributed by atoms with Gasteiger partial charge in [-0.25, -0.2) is 0 Å². The first-order valence-electron chi connectivity index (χ1n) is 7.80. The van der Waals surface area contributed by atoms with Gasteiger partial charge in [-0.2, -0.15) is 10.2 Å². The van der Waals surface area contributed by atoms with Gasteiger partial charge in [0, 0.05) is 17.6 Å². The van der Waals surface area contributed by atoms with Gasteiger partial charge in [0.15, 0.2) is 0 Å². The Morgan fingerprint density at radius 1 is 1.33 bits per heavy atom. The molecule has 2 rings (SSSR count). The predicted molar refractivity (Wildman–Crippen MR) is 91.3 cm³/mol. The van der Waals surface area contributed by atoms with Gasteiger partial charge in [0.05, 0.1) is 24.4 Å². The summed E-state index contributed by atoms with van der Waals surface area (Å²) in [6.45, 7) is 4.88. The molecule has 0 bridgehead atoms. The van der Waals surface area contributed by atoms with Crippen molar-refractivity contribution < 1.29 is 9.66 Å². The highest BCUT2D eigenvalue weighted by molar-refractivity contribution is 5.37. The molecule has 1 unspecified atom stereocenters. The Bertz CT molecular complexity index is 668. The highest BCUT2D eigenvalue weighted by Crippen LogP contribution is 2.28. The number of nitrogens with zero attached hydrogens (tertiary/aromatic N) is 3. The molecule has 0 aliphatic heterocycles. The van der Waals surface area contributed by atoms with E-state index in [4.69, 9.17) is 10.5 Å². The second kappa shape index (κ2) is 7.94. The summed E-state index contributed by atoms with van der Waals surface area (Å²) >= 11 is 0. The number of hydrogen-bond acceptors (Lipinski definition) is 6. The van der Waals surface area contributed by atoms with Crippen molar-refractivity contribution in [3.05, 3.63) is 63.9 Å². The summed E-state index contributed by atoms with van der Waals surface area (Å²) < 4.78 is 5.62. The molecule has 24 heavy (non-hydrogen) atoms. The van der Waals surface area contributed by atoms with Gasteiger partial charge in [0.1, 0.15) is 0 Å². The van der Waals surface area contributed by atoms with Crippen LogP contribution in [0.4, 0.5) is 5.69 Å². The largest absolute Gasteiger partial charge is 0.377 e. The zero-order valence-corrected chi connectivity index (χ0v) is 13.9. The molecule has 7 nitrogen and oxygen atoms in total. The van der Waals surface area contributed by atoms with E-state index in [-0.39, 0.29) is 13.0 Å². The zero-order valence-electron chi connectivity index (χ0n) is 13.9. The van der Waals surface area contributed by atoms with Crippen molar-refractivity contribution in [3.63, 3.8) is 0 Å². The SMILES string of the molecule is CC(C)COCC1=C(N=Nc2ccccc2)C=CC(N)([N+](=O)[O-])C1. The van der Waals surface area contributed by atoms with Crippen molar-refractivity contribution in [2.45, 2.75) is 25.9 Å². The van der Waals surface area contributed by atoms with Crippen molar-refractivity contribution in [1.82, 2.24) is 0 Å². The van der Waals surface area contributed by atoms with Gasteiger partial charge in [0.25, 0.3) is 5.66 Å². The number of hydrogen-bond donors (Lipinski definition) is 1. The summed E-state index contributed by atoms with van der Waals surface area (Å²) in [5.41, 5.74) is 6.17. The summed E-state index contributed by atoms with van der Waals surface area (Å²) in [5.74, 6) is 0.372. The fourth-order valence-electron chi connectivity index (χ4n) is 2.21. The number of nitrogens with two attached hydrogens (primary N) is 1. The number of azo groups is 1. The molecule has 0 spiro atoms. The van der Waals surface area contributed by atoms with Crippen molar-refractivity contribution in [2.75, 3.05) is 13.2 Å². The topological polar surface area (TPSA) is 103 Å². The molecule has 2 N–H and O–H groups in total. The van der Waals surface area contributed by atoms with Crippen LogP contribution in [0, 0.1) is 16.0 Å². The molecule has 0 heterocycles. The highest BCUT2D eigenvalue weighted by atomic mass is 16.6. The van der Waals surface area contributed by atoms with E-state index < -0.39 is 10.6 Å². The minimum absolute atomic E-state index is 0.0533. The van der Waals surface area contributed by atoms with Gasteiger partial charge >= 0.3 is 0 Å². The van der Waals surface area contributed by atoms with Gasteiger partial charge in [-0.15, -0.1) is 0 Å². The minimum atomic E-state index is -1.62. The Kier molecular flexibility index (Phi) is 5.94. The first-order chi connectivity index (χ1) is 11.4. The standard InChI is InChI=1S/C17H22N4O3/c1-13(2)11-24-12-14-10-17(18,21(22)23)9-8-16(14)20-19-15-6-4-3-5-7-15/h3-9,13H,10-12,18H2,1-2H3. The predicted octanol–water partition coefficient (Wildman–Crippen LogP) is 3.59. The first kappa shape index (κ1) is 18.0. The maximum Gasteiger partial charge on any atom is 0.295 e. The van der Waals surface area contributed by atoms with Crippen LogP contribution in [0.3, 0.4) is 0 Å². The fourth-order valence-corrected chi connectivity index (χ4v) is 2.21. The molecule has 0 amide bonds. The smallest absolute Gasteiger partial charge is 0.295 e.